The first-order valence-corrected chi connectivity index (χ1v) is 17.0. The van der Waals surface area contributed by atoms with Crippen molar-refractivity contribution in [3.8, 4) is 16.9 Å². The van der Waals surface area contributed by atoms with Gasteiger partial charge in [-0.25, -0.2) is 14.3 Å². The van der Waals surface area contributed by atoms with Crippen molar-refractivity contribution in [2.24, 2.45) is 17.9 Å². The minimum absolute atomic E-state index is 0.0595. The van der Waals surface area contributed by atoms with Gasteiger partial charge in [0.1, 0.15) is 30.6 Å². The molecule has 1 aliphatic heterocycles. The molecule has 8 N–H and O–H groups in total. The van der Waals surface area contributed by atoms with Gasteiger partial charge in [0, 0.05) is 17.0 Å². The molecule has 2 amide bonds. The van der Waals surface area contributed by atoms with Crippen molar-refractivity contribution in [2.45, 2.75) is 49.9 Å². The number of nitrogens with two attached hydrogens (primary N) is 2. The van der Waals surface area contributed by atoms with Crippen molar-refractivity contribution in [3.05, 3.63) is 53.7 Å². The van der Waals surface area contributed by atoms with Crippen molar-refractivity contribution in [1.82, 2.24) is 15.4 Å². The highest BCUT2D eigenvalue weighted by Gasteiger charge is 2.58. The number of carboxylic acid groups (broad SMARTS) is 1. The summed E-state index contributed by atoms with van der Waals surface area (Å²) in [7, 11) is -3.09. The lowest BCUT2D eigenvalue weighted by Crippen LogP contribution is -2.76. The number of nitrogen functional groups attached to an aromatic ring is 1. The van der Waals surface area contributed by atoms with Crippen molar-refractivity contribution < 1.29 is 50.9 Å². The first-order chi connectivity index (χ1) is 23.0. The molecule has 0 bridgehead atoms. The van der Waals surface area contributed by atoms with Crippen LogP contribution in [0.4, 0.5) is 10.9 Å². The Labute approximate surface area is 284 Å². The van der Waals surface area contributed by atoms with Crippen LogP contribution in [0.2, 0.25) is 0 Å². The van der Waals surface area contributed by atoms with Crippen LogP contribution in [-0.4, -0.2) is 88.0 Å². The number of oxime groups is 1. The minimum atomic E-state index is -5.02. The van der Waals surface area contributed by atoms with E-state index in [0.29, 0.717) is 17.4 Å². The van der Waals surface area contributed by atoms with Crippen LogP contribution in [-0.2, 0) is 41.0 Å². The van der Waals surface area contributed by atoms with Crippen LogP contribution in [0.5, 0.6) is 5.75 Å². The third-order valence-electron chi connectivity index (χ3n) is 7.88. The fourth-order valence-corrected chi connectivity index (χ4v) is 5.77. The molecule has 0 unspecified atom stereocenters. The van der Waals surface area contributed by atoms with Gasteiger partial charge in [-0.2, -0.15) is 13.5 Å². The molecular formula is C29H35N8O10S2+. The lowest BCUT2D eigenvalue weighted by molar-refractivity contribution is -0.656. The second kappa shape index (κ2) is 13.6. The van der Waals surface area contributed by atoms with Gasteiger partial charge in [-0.3, -0.25) is 19.5 Å². The number of aliphatic carboxylic acids is 1. The number of nitrogens with zero attached hydrogens (tertiary/aromatic N) is 4. The van der Waals surface area contributed by atoms with Gasteiger partial charge in [0.25, 0.3) is 23.7 Å². The molecule has 2 aromatic heterocycles. The number of rotatable bonds is 15. The van der Waals surface area contributed by atoms with Crippen LogP contribution in [0, 0.1) is 0 Å². The zero-order valence-electron chi connectivity index (χ0n) is 26.5. The zero-order valence-corrected chi connectivity index (χ0v) is 28.2. The molecule has 2 aliphatic rings. The highest BCUT2D eigenvalue weighted by Crippen LogP contribution is 2.33. The largest absolute Gasteiger partial charge is 0.489 e. The fourth-order valence-electron chi connectivity index (χ4n) is 4.76. The van der Waals surface area contributed by atoms with Crippen LogP contribution in [0.1, 0.15) is 32.4 Å². The highest BCUT2D eigenvalue weighted by atomic mass is 32.3. The molecule has 3 heterocycles. The van der Waals surface area contributed by atoms with Crippen LogP contribution in [0.15, 0.2) is 53.1 Å². The molecule has 1 saturated carbocycles. The lowest BCUT2D eigenvalue weighted by atomic mass is 9.84. The lowest BCUT2D eigenvalue weighted by Gasteiger charge is -2.50. The Kier molecular flexibility index (Phi) is 9.79. The third kappa shape index (κ3) is 8.40. The summed E-state index contributed by atoms with van der Waals surface area (Å²) >= 11 is 0.961. The van der Waals surface area contributed by atoms with E-state index in [1.165, 1.54) is 19.2 Å². The minimum Gasteiger partial charge on any atom is -0.489 e. The number of pyridine rings is 1. The summed E-state index contributed by atoms with van der Waals surface area (Å²) < 4.78 is 43.1. The highest BCUT2D eigenvalue weighted by molar-refractivity contribution is 7.80. The topological polar surface area (TPSA) is 262 Å². The van der Waals surface area contributed by atoms with Crippen molar-refractivity contribution in [1.29, 1.82) is 0 Å². The first kappa shape index (κ1) is 35.4. The monoisotopic (exact) mass is 719 g/mol. The summed E-state index contributed by atoms with van der Waals surface area (Å²) in [4.78, 5) is 47.0. The molecule has 1 aromatic carbocycles. The molecule has 18 nitrogen and oxygen atoms in total. The Morgan fingerprint density at radius 1 is 1.20 bits per heavy atom. The average molecular weight is 720 g/mol. The normalized spacial score (nSPS) is 18.6. The van der Waals surface area contributed by atoms with Crippen molar-refractivity contribution in [3.63, 3.8) is 0 Å². The molecule has 0 spiro atoms. The number of carboxylic acids is 1. The van der Waals surface area contributed by atoms with Crippen LogP contribution >= 0.6 is 11.3 Å². The van der Waals surface area contributed by atoms with Crippen LogP contribution in [0.3, 0.4) is 0 Å². The van der Waals surface area contributed by atoms with E-state index >= 15 is 0 Å². The standard InChI is InChI=1S/C29H34N8O10S2/c1-28(2)23(25(39)37(28)47-49(42,43)44)34-24(38)22(19-14-48-27(30)33-19)35-46-20(26(40)41)13-45-18-7-4-16(5-8-18)17-6-9-21(36(3)12-17)32-15-29(31)10-11-29/h4-9,12,14,20,23H,10-11,13,15,31H2,1-3H3,(H5,30,33,34,38,40,41,42,43,44)/p+1/b35-22-/t20-,23+/m0/s1. The first-order valence-electron chi connectivity index (χ1n) is 14.7. The van der Waals surface area contributed by atoms with E-state index in [9.17, 15) is 27.9 Å². The smallest absolute Gasteiger partial charge is 0.418 e. The molecule has 1 aliphatic carbocycles. The Morgan fingerprint density at radius 2 is 1.88 bits per heavy atom. The summed E-state index contributed by atoms with van der Waals surface area (Å²) in [5.74, 6) is -2.19. The summed E-state index contributed by atoms with van der Waals surface area (Å²) in [5.41, 5.74) is 11.5. The molecule has 5 rings (SSSR count). The van der Waals surface area contributed by atoms with Gasteiger partial charge in [-0.1, -0.05) is 17.3 Å². The third-order valence-corrected chi connectivity index (χ3v) is 8.90. The molecule has 20 heteroatoms. The van der Waals surface area contributed by atoms with Gasteiger partial charge in [0.15, 0.2) is 10.8 Å². The maximum Gasteiger partial charge on any atom is 0.418 e. The van der Waals surface area contributed by atoms with Gasteiger partial charge in [-0.05, 0) is 50.5 Å². The van der Waals surface area contributed by atoms with E-state index in [0.717, 1.165) is 41.1 Å². The number of β-lactam (4-membered cyclic amide) rings is 1. The number of thiazole rings is 1. The number of hydrogen-bond donors (Lipinski definition) is 6. The fraction of sp³-hybridized carbons (Fsp3) is 0.379. The Balaban J connectivity index is 1.23. The molecule has 49 heavy (non-hydrogen) atoms. The van der Waals surface area contributed by atoms with Gasteiger partial charge >= 0.3 is 16.4 Å². The van der Waals surface area contributed by atoms with Gasteiger partial charge < -0.3 is 31.5 Å². The number of ether oxygens (including phenoxy) is 1. The number of carbonyl (C=O) groups is 3. The van der Waals surface area contributed by atoms with Crippen molar-refractivity contribution in [2.75, 3.05) is 24.2 Å². The van der Waals surface area contributed by atoms with Crippen LogP contribution < -0.4 is 31.4 Å². The predicted octanol–water partition coefficient (Wildman–Crippen LogP) is 0.213. The second-order valence-electron chi connectivity index (χ2n) is 12.1. The summed E-state index contributed by atoms with van der Waals surface area (Å²) in [6.45, 7) is 2.93. The Hall–Kier alpha value is -4.89. The number of anilines is 2. The van der Waals surface area contributed by atoms with E-state index in [1.807, 2.05) is 42.1 Å². The SMILES string of the molecule is C[n+]1cc(-c2ccc(OC[C@H](O/N=C(\C(=O)N[C@@H]3C(=O)N(OS(=O)(=O)O)C3(C)C)c3csc(N)n3)C(=O)O)cc2)ccc1NCC1(N)CC1. The van der Waals surface area contributed by atoms with Crippen LogP contribution in [0.25, 0.3) is 11.1 Å². The number of aromatic nitrogens is 2. The number of benzene rings is 1. The zero-order chi connectivity index (χ0) is 35.7. The molecule has 2 fully saturated rings. The molecule has 262 valence electrons. The Bertz CT molecular complexity index is 1890. The number of nitrogens with one attached hydrogen (secondary N) is 2. The molecule has 1 saturated heterocycles. The number of amides is 2. The van der Waals surface area contributed by atoms with E-state index in [-0.39, 0.29) is 16.4 Å². The molecule has 0 radical (unpaired) electrons. The van der Waals surface area contributed by atoms with E-state index in [1.54, 1.807) is 12.1 Å². The van der Waals surface area contributed by atoms with Gasteiger partial charge in [0.2, 0.25) is 0 Å². The van der Waals surface area contributed by atoms with E-state index < -0.39 is 58.2 Å². The quantitative estimate of drug-likeness (QED) is 0.0404. The number of carbonyl (C=O) groups excluding carboxylic acids is 2. The summed E-state index contributed by atoms with van der Waals surface area (Å²) in [5, 5.41) is 21.0. The number of aryl methyl sites for hydroxylation is 1. The second-order valence-corrected chi connectivity index (χ2v) is 14.0. The summed E-state index contributed by atoms with van der Waals surface area (Å²) in [6, 6.07) is 9.56. The number of hydroxylamine groups is 2. The Morgan fingerprint density at radius 3 is 2.43 bits per heavy atom. The predicted molar refractivity (Wildman–Crippen MR) is 174 cm³/mol. The van der Waals surface area contributed by atoms with E-state index in [2.05, 4.69) is 25.1 Å². The summed E-state index contributed by atoms with van der Waals surface area (Å²) in [6.07, 6.45) is 2.30. The molecule has 3 aromatic rings. The van der Waals surface area contributed by atoms with Gasteiger partial charge in [-0.15, -0.1) is 15.6 Å². The van der Waals surface area contributed by atoms with Crippen molar-refractivity contribution >= 4 is 56.2 Å². The molecule has 2 atom stereocenters. The van der Waals surface area contributed by atoms with E-state index in [4.69, 9.17) is 25.6 Å². The maximum absolute atomic E-state index is 13.2. The molecular weight excluding hydrogens is 684 g/mol. The number of hydrogen-bond acceptors (Lipinski definition) is 14. The van der Waals surface area contributed by atoms with Gasteiger partial charge in [0.05, 0.1) is 24.3 Å². The average Bonchev–Trinajstić information content (AvgIpc) is 3.62. The maximum atomic E-state index is 13.2.